The number of hydrogen-bond donors (Lipinski definition) is 1. The van der Waals surface area contributed by atoms with Crippen LogP contribution in [-0.4, -0.2) is 24.3 Å². The summed E-state index contributed by atoms with van der Waals surface area (Å²) in [6.07, 6.45) is 1.17. The van der Waals surface area contributed by atoms with Crippen molar-refractivity contribution in [3.8, 4) is 0 Å². The van der Waals surface area contributed by atoms with E-state index in [4.69, 9.17) is 5.41 Å². The normalized spacial score (nSPS) is 10.9. The van der Waals surface area contributed by atoms with Crippen LogP contribution < -0.4 is 0 Å². The van der Waals surface area contributed by atoms with Crippen LogP contribution >= 0.6 is 0 Å². The molecule has 0 bridgehead atoms. The molecule has 0 heterocycles. The molecular weight excluding hydrogens is 148 g/mol. The molecule has 0 aliphatic rings. The van der Waals surface area contributed by atoms with Gasteiger partial charge >= 0.3 is 0 Å². The third-order valence-electron chi connectivity index (χ3n) is 2.00. The first-order valence-corrected chi connectivity index (χ1v) is 4.74. The molecule has 2 heteroatoms. The van der Waals surface area contributed by atoms with Crippen molar-refractivity contribution in [3.63, 3.8) is 0 Å². The van der Waals surface area contributed by atoms with Crippen molar-refractivity contribution in [2.24, 2.45) is 11.8 Å². The van der Waals surface area contributed by atoms with Crippen LogP contribution in [0.5, 0.6) is 0 Å². The van der Waals surface area contributed by atoms with E-state index in [9.17, 15) is 0 Å². The van der Waals surface area contributed by atoms with E-state index in [1.165, 1.54) is 6.42 Å². The Morgan fingerprint density at radius 1 is 1.25 bits per heavy atom. The molecule has 0 aromatic heterocycles. The number of hydrogen-bond acceptors (Lipinski definition) is 1. The third-order valence-corrected chi connectivity index (χ3v) is 2.00. The Bertz CT molecular complexity index is 139. The Morgan fingerprint density at radius 2 is 1.75 bits per heavy atom. The summed E-state index contributed by atoms with van der Waals surface area (Å²) in [6.45, 7) is 9.57. The van der Waals surface area contributed by atoms with Gasteiger partial charge in [-0.05, 0) is 12.3 Å². The Hall–Kier alpha value is -0.530. The predicted octanol–water partition coefficient (Wildman–Crippen LogP) is 2.60. The van der Waals surface area contributed by atoms with Gasteiger partial charge in [-0.3, -0.25) is 5.41 Å². The maximum atomic E-state index is 7.72. The molecule has 0 aliphatic heterocycles. The molecular formula is C10H22N2. The highest BCUT2D eigenvalue weighted by Crippen LogP contribution is 2.04. The van der Waals surface area contributed by atoms with Crippen LogP contribution in [0.2, 0.25) is 0 Å². The third kappa shape index (κ3) is 4.37. The number of rotatable bonds is 4. The number of amidine groups is 1. The number of nitrogens with one attached hydrogen (secondary N) is 1. The van der Waals surface area contributed by atoms with Crippen molar-refractivity contribution in [1.82, 2.24) is 4.90 Å². The van der Waals surface area contributed by atoms with E-state index in [0.717, 1.165) is 18.3 Å². The molecule has 0 saturated heterocycles. The van der Waals surface area contributed by atoms with Gasteiger partial charge in [0.15, 0.2) is 0 Å². The van der Waals surface area contributed by atoms with Gasteiger partial charge < -0.3 is 4.90 Å². The maximum absolute atomic E-state index is 7.72. The van der Waals surface area contributed by atoms with Gasteiger partial charge in [-0.2, -0.15) is 0 Å². The molecule has 0 unspecified atom stereocenters. The van der Waals surface area contributed by atoms with Gasteiger partial charge in [-0.1, -0.05) is 27.7 Å². The molecule has 0 amide bonds. The molecule has 12 heavy (non-hydrogen) atoms. The van der Waals surface area contributed by atoms with Crippen molar-refractivity contribution in [3.05, 3.63) is 0 Å². The first kappa shape index (κ1) is 11.5. The maximum Gasteiger partial charge on any atom is 0.0981 e. The minimum atomic E-state index is 0.349. The molecule has 0 atom stereocenters. The van der Waals surface area contributed by atoms with Crippen molar-refractivity contribution in [1.29, 1.82) is 5.41 Å². The van der Waals surface area contributed by atoms with Crippen LogP contribution in [0.15, 0.2) is 0 Å². The first-order valence-electron chi connectivity index (χ1n) is 4.74. The average molecular weight is 170 g/mol. The standard InChI is InChI=1S/C10H22N2/c1-8(2)6-7-12(5)10(11)9(3)4/h8-9,11H,6-7H2,1-5H3. The molecule has 72 valence electrons. The molecule has 0 rings (SSSR count). The highest BCUT2D eigenvalue weighted by Gasteiger charge is 2.08. The van der Waals surface area contributed by atoms with Crippen LogP contribution in [0.1, 0.15) is 34.1 Å². The molecule has 2 nitrogen and oxygen atoms in total. The zero-order valence-electron chi connectivity index (χ0n) is 9.02. The summed E-state index contributed by atoms with van der Waals surface area (Å²) >= 11 is 0. The van der Waals surface area contributed by atoms with Gasteiger partial charge in [0.1, 0.15) is 0 Å². The van der Waals surface area contributed by atoms with Crippen LogP contribution in [-0.2, 0) is 0 Å². The highest BCUT2D eigenvalue weighted by molar-refractivity contribution is 5.80. The highest BCUT2D eigenvalue weighted by atomic mass is 15.1. The molecule has 0 fully saturated rings. The van der Waals surface area contributed by atoms with E-state index in [1.807, 2.05) is 11.9 Å². The van der Waals surface area contributed by atoms with Crippen molar-refractivity contribution in [2.75, 3.05) is 13.6 Å². The summed E-state index contributed by atoms with van der Waals surface area (Å²) in [4.78, 5) is 2.05. The molecule has 0 saturated carbocycles. The molecule has 0 aromatic rings. The fourth-order valence-electron chi connectivity index (χ4n) is 1.01. The second-order valence-corrected chi connectivity index (χ2v) is 4.14. The van der Waals surface area contributed by atoms with E-state index < -0.39 is 0 Å². The van der Waals surface area contributed by atoms with Gasteiger partial charge in [0.05, 0.1) is 5.84 Å². The second kappa shape index (κ2) is 5.18. The van der Waals surface area contributed by atoms with Crippen LogP contribution in [0, 0.1) is 17.2 Å². The average Bonchev–Trinajstić information content (AvgIpc) is 1.98. The Labute approximate surface area is 76.5 Å². The van der Waals surface area contributed by atoms with E-state index >= 15 is 0 Å². The van der Waals surface area contributed by atoms with Gasteiger partial charge in [-0.25, -0.2) is 0 Å². The molecule has 0 aliphatic carbocycles. The zero-order chi connectivity index (χ0) is 9.72. The predicted molar refractivity (Wildman–Crippen MR) is 54.6 cm³/mol. The Morgan fingerprint density at radius 3 is 2.08 bits per heavy atom. The monoisotopic (exact) mass is 170 g/mol. The van der Waals surface area contributed by atoms with E-state index in [-0.39, 0.29) is 0 Å². The first-order chi connectivity index (χ1) is 5.45. The fraction of sp³-hybridized carbons (Fsp3) is 0.900. The van der Waals surface area contributed by atoms with Crippen LogP contribution in [0.25, 0.3) is 0 Å². The molecule has 0 spiro atoms. The summed E-state index contributed by atoms with van der Waals surface area (Å²) in [5.41, 5.74) is 0. The zero-order valence-corrected chi connectivity index (χ0v) is 9.02. The summed E-state index contributed by atoms with van der Waals surface area (Å²) in [7, 11) is 2.00. The minimum Gasteiger partial charge on any atom is -0.363 e. The van der Waals surface area contributed by atoms with Gasteiger partial charge in [0.2, 0.25) is 0 Å². The summed E-state index contributed by atoms with van der Waals surface area (Å²) in [6, 6.07) is 0. The van der Waals surface area contributed by atoms with Crippen LogP contribution in [0.4, 0.5) is 0 Å². The van der Waals surface area contributed by atoms with Crippen molar-refractivity contribution in [2.45, 2.75) is 34.1 Å². The lowest BCUT2D eigenvalue weighted by atomic mass is 10.1. The van der Waals surface area contributed by atoms with Crippen molar-refractivity contribution < 1.29 is 0 Å². The second-order valence-electron chi connectivity index (χ2n) is 4.14. The van der Waals surface area contributed by atoms with E-state index in [0.29, 0.717) is 5.92 Å². The Balaban J connectivity index is 3.72. The fourth-order valence-corrected chi connectivity index (χ4v) is 1.01. The lowest BCUT2D eigenvalue weighted by Gasteiger charge is -2.23. The largest absolute Gasteiger partial charge is 0.363 e. The number of nitrogens with zero attached hydrogens (tertiary/aromatic N) is 1. The van der Waals surface area contributed by atoms with Gasteiger partial charge in [0.25, 0.3) is 0 Å². The SMILES string of the molecule is CC(C)CCN(C)C(=N)C(C)C. The van der Waals surface area contributed by atoms with E-state index in [1.54, 1.807) is 0 Å². The summed E-state index contributed by atoms with van der Waals surface area (Å²) in [5, 5.41) is 7.72. The smallest absolute Gasteiger partial charge is 0.0981 e. The molecule has 0 radical (unpaired) electrons. The lowest BCUT2D eigenvalue weighted by molar-refractivity contribution is 0.419. The van der Waals surface area contributed by atoms with E-state index in [2.05, 4.69) is 27.7 Å². The quantitative estimate of drug-likeness (QED) is 0.509. The van der Waals surface area contributed by atoms with Crippen molar-refractivity contribution >= 4 is 5.84 Å². The summed E-state index contributed by atoms with van der Waals surface area (Å²) < 4.78 is 0. The summed E-state index contributed by atoms with van der Waals surface area (Å²) in [5.74, 6) is 1.82. The molecule has 1 N–H and O–H groups in total. The topological polar surface area (TPSA) is 27.1 Å². The molecule has 0 aromatic carbocycles. The van der Waals surface area contributed by atoms with Crippen LogP contribution in [0.3, 0.4) is 0 Å². The van der Waals surface area contributed by atoms with Gasteiger partial charge in [-0.15, -0.1) is 0 Å². The lowest BCUT2D eigenvalue weighted by Crippen LogP contribution is -2.31. The van der Waals surface area contributed by atoms with Gasteiger partial charge in [0, 0.05) is 19.5 Å². The minimum absolute atomic E-state index is 0.349. The Kier molecular flexibility index (Phi) is 4.95.